The molecule has 2 rings (SSSR count). The Morgan fingerprint density at radius 3 is 2.94 bits per heavy atom. The first-order chi connectivity index (χ1) is 8.70. The van der Waals surface area contributed by atoms with Crippen molar-refractivity contribution >= 4 is 0 Å². The van der Waals surface area contributed by atoms with Crippen molar-refractivity contribution in [2.45, 2.75) is 26.8 Å². The van der Waals surface area contributed by atoms with E-state index in [2.05, 4.69) is 22.3 Å². The molecule has 0 amide bonds. The van der Waals surface area contributed by atoms with Crippen LogP contribution in [0.3, 0.4) is 0 Å². The Kier molecular flexibility index (Phi) is 4.04. The molecule has 2 aromatic rings. The third kappa shape index (κ3) is 2.92. The van der Waals surface area contributed by atoms with Gasteiger partial charge in [-0.25, -0.2) is 14.1 Å². The van der Waals surface area contributed by atoms with Gasteiger partial charge in [-0.05, 0) is 32.0 Å². The Hall–Kier alpha value is -1.75. The van der Waals surface area contributed by atoms with Gasteiger partial charge in [0.15, 0.2) is 5.82 Å². The third-order valence-corrected chi connectivity index (χ3v) is 2.59. The molecule has 0 unspecified atom stereocenters. The molecule has 18 heavy (non-hydrogen) atoms. The fourth-order valence-corrected chi connectivity index (χ4v) is 1.74. The van der Waals surface area contributed by atoms with Crippen LogP contribution in [0, 0.1) is 12.7 Å². The minimum atomic E-state index is -0.323. The van der Waals surface area contributed by atoms with Crippen LogP contribution >= 0.6 is 0 Å². The molecule has 0 spiro atoms. The molecule has 4 nitrogen and oxygen atoms in total. The van der Waals surface area contributed by atoms with Crippen LogP contribution in [0.1, 0.15) is 24.6 Å². The summed E-state index contributed by atoms with van der Waals surface area (Å²) in [6, 6.07) is 3.40. The zero-order valence-corrected chi connectivity index (χ0v) is 10.7. The maximum atomic E-state index is 13.3. The smallest absolute Gasteiger partial charge is 0.157 e. The van der Waals surface area contributed by atoms with Crippen LogP contribution in [0.2, 0.25) is 0 Å². The quantitative estimate of drug-likeness (QED) is 0.825. The molecule has 1 N–H and O–H groups in total. The molecule has 0 aliphatic rings. The summed E-state index contributed by atoms with van der Waals surface area (Å²) in [6.45, 7) is 5.49. The number of hydrogen-bond donors (Lipinski definition) is 1. The van der Waals surface area contributed by atoms with Crippen LogP contribution in [-0.2, 0) is 6.54 Å². The van der Waals surface area contributed by atoms with Crippen molar-refractivity contribution in [3.8, 4) is 5.82 Å². The lowest BCUT2D eigenvalue weighted by molar-refractivity contribution is 0.607. The molecule has 0 bridgehead atoms. The van der Waals surface area contributed by atoms with Gasteiger partial charge in [-0.2, -0.15) is 5.10 Å². The van der Waals surface area contributed by atoms with Gasteiger partial charge in [0.25, 0.3) is 0 Å². The second-order valence-corrected chi connectivity index (χ2v) is 4.21. The first-order valence-corrected chi connectivity index (χ1v) is 6.08. The highest BCUT2D eigenvalue weighted by Crippen LogP contribution is 2.13. The number of hydrogen-bond acceptors (Lipinski definition) is 3. The Labute approximate surface area is 106 Å². The van der Waals surface area contributed by atoms with E-state index >= 15 is 0 Å². The maximum Gasteiger partial charge on any atom is 0.157 e. The zero-order chi connectivity index (χ0) is 13.0. The molecule has 0 atom stereocenters. The molecular formula is C13H17FN4. The van der Waals surface area contributed by atoms with Crippen molar-refractivity contribution in [2.75, 3.05) is 6.54 Å². The molecule has 2 heterocycles. The number of halogens is 1. The predicted octanol–water partition coefficient (Wildman–Crippen LogP) is 2.21. The summed E-state index contributed by atoms with van der Waals surface area (Å²) in [7, 11) is 0. The maximum absolute atomic E-state index is 13.3. The number of rotatable bonds is 5. The van der Waals surface area contributed by atoms with Crippen molar-refractivity contribution in [3.05, 3.63) is 41.6 Å². The first kappa shape index (κ1) is 12.7. The molecule has 0 saturated heterocycles. The van der Waals surface area contributed by atoms with E-state index in [1.807, 2.05) is 19.2 Å². The minimum absolute atomic E-state index is 0.323. The van der Waals surface area contributed by atoms with Crippen molar-refractivity contribution in [2.24, 2.45) is 0 Å². The number of nitrogens with one attached hydrogen (secondary N) is 1. The van der Waals surface area contributed by atoms with E-state index in [1.54, 1.807) is 4.68 Å². The lowest BCUT2D eigenvalue weighted by Gasteiger charge is -2.09. The van der Waals surface area contributed by atoms with Gasteiger partial charge in [-0.15, -0.1) is 0 Å². The second-order valence-electron chi connectivity index (χ2n) is 4.21. The Morgan fingerprint density at radius 2 is 2.28 bits per heavy atom. The minimum Gasteiger partial charge on any atom is -0.313 e. The Balaban J connectivity index is 2.28. The number of nitrogens with zero attached hydrogens (tertiary/aromatic N) is 3. The summed E-state index contributed by atoms with van der Waals surface area (Å²) in [5, 5.41) is 7.55. The summed E-state index contributed by atoms with van der Waals surface area (Å²) in [4.78, 5) is 4.13. The number of aromatic nitrogens is 3. The van der Waals surface area contributed by atoms with Gasteiger partial charge in [-0.3, -0.25) is 0 Å². The SMILES string of the molecule is CCCNCc1cc(F)cnc1-n1ccc(C)n1. The normalized spacial score (nSPS) is 10.8. The molecule has 5 heteroatoms. The fraction of sp³-hybridized carbons (Fsp3) is 0.385. The molecular weight excluding hydrogens is 231 g/mol. The van der Waals surface area contributed by atoms with Crippen molar-refractivity contribution in [3.63, 3.8) is 0 Å². The fourth-order valence-electron chi connectivity index (χ4n) is 1.74. The second kappa shape index (κ2) is 5.73. The van der Waals surface area contributed by atoms with Crippen LogP contribution in [0.5, 0.6) is 0 Å². The number of pyridine rings is 1. The summed E-state index contributed by atoms with van der Waals surface area (Å²) in [6.07, 6.45) is 4.09. The van der Waals surface area contributed by atoms with Crippen molar-refractivity contribution in [1.29, 1.82) is 0 Å². The van der Waals surface area contributed by atoms with Gasteiger partial charge >= 0.3 is 0 Å². The van der Waals surface area contributed by atoms with Crippen molar-refractivity contribution in [1.82, 2.24) is 20.1 Å². The lowest BCUT2D eigenvalue weighted by atomic mass is 10.2. The van der Waals surface area contributed by atoms with E-state index in [-0.39, 0.29) is 5.82 Å². The first-order valence-electron chi connectivity index (χ1n) is 6.08. The number of aryl methyl sites for hydroxylation is 1. The van der Waals surface area contributed by atoms with Crippen LogP contribution in [0.15, 0.2) is 24.5 Å². The predicted molar refractivity (Wildman–Crippen MR) is 68.1 cm³/mol. The van der Waals surface area contributed by atoms with E-state index in [1.165, 1.54) is 12.3 Å². The summed E-state index contributed by atoms with van der Waals surface area (Å²) < 4.78 is 14.9. The van der Waals surface area contributed by atoms with Crippen LogP contribution in [0.4, 0.5) is 4.39 Å². The average molecular weight is 248 g/mol. The van der Waals surface area contributed by atoms with E-state index in [0.29, 0.717) is 12.4 Å². The Bertz CT molecular complexity index is 521. The standard InChI is InChI=1S/C13H17FN4/c1-3-5-15-8-11-7-12(14)9-16-13(11)18-6-4-10(2)17-18/h4,6-7,9,15H,3,5,8H2,1-2H3. The molecule has 0 aliphatic carbocycles. The van der Waals surface area contributed by atoms with Gasteiger partial charge in [0.05, 0.1) is 11.9 Å². The van der Waals surface area contributed by atoms with Crippen LogP contribution < -0.4 is 5.32 Å². The van der Waals surface area contributed by atoms with E-state index < -0.39 is 0 Å². The monoisotopic (exact) mass is 248 g/mol. The van der Waals surface area contributed by atoms with Gasteiger partial charge in [0.1, 0.15) is 5.82 Å². The summed E-state index contributed by atoms with van der Waals surface area (Å²) in [5.74, 6) is 0.351. The third-order valence-electron chi connectivity index (χ3n) is 2.59. The molecule has 96 valence electrons. The van der Waals surface area contributed by atoms with Crippen LogP contribution in [0.25, 0.3) is 5.82 Å². The van der Waals surface area contributed by atoms with E-state index in [9.17, 15) is 4.39 Å². The molecule has 0 radical (unpaired) electrons. The molecule has 0 fully saturated rings. The molecule has 2 aromatic heterocycles. The summed E-state index contributed by atoms with van der Waals surface area (Å²) in [5.41, 5.74) is 1.72. The highest BCUT2D eigenvalue weighted by atomic mass is 19.1. The molecule has 0 aliphatic heterocycles. The van der Waals surface area contributed by atoms with Gasteiger partial charge in [-0.1, -0.05) is 6.92 Å². The van der Waals surface area contributed by atoms with Gasteiger partial charge < -0.3 is 5.32 Å². The van der Waals surface area contributed by atoms with E-state index in [4.69, 9.17) is 0 Å². The highest BCUT2D eigenvalue weighted by molar-refractivity contribution is 5.33. The molecule has 0 aromatic carbocycles. The van der Waals surface area contributed by atoms with Gasteiger partial charge in [0, 0.05) is 18.3 Å². The lowest BCUT2D eigenvalue weighted by Crippen LogP contribution is -2.16. The summed E-state index contributed by atoms with van der Waals surface area (Å²) >= 11 is 0. The van der Waals surface area contributed by atoms with Crippen LogP contribution in [-0.4, -0.2) is 21.3 Å². The Morgan fingerprint density at radius 1 is 1.44 bits per heavy atom. The highest BCUT2D eigenvalue weighted by Gasteiger charge is 2.08. The van der Waals surface area contributed by atoms with Crippen molar-refractivity contribution < 1.29 is 4.39 Å². The van der Waals surface area contributed by atoms with Gasteiger partial charge in [0.2, 0.25) is 0 Å². The largest absolute Gasteiger partial charge is 0.313 e. The zero-order valence-electron chi connectivity index (χ0n) is 10.7. The average Bonchev–Trinajstić information content (AvgIpc) is 2.76. The topological polar surface area (TPSA) is 42.7 Å². The van der Waals surface area contributed by atoms with E-state index in [0.717, 1.165) is 24.2 Å². The molecule has 0 saturated carbocycles.